The van der Waals surface area contributed by atoms with E-state index in [-0.39, 0.29) is 6.54 Å². The number of methoxy groups -OCH3 is 1. The Morgan fingerprint density at radius 1 is 1.13 bits per heavy atom. The fourth-order valence-corrected chi connectivity index (χ4v) is 2.92. The summed E-state index contributed by atoms with van der Waals surface area (Å²) in [7, 11) is 1.51. The van der Waals surface area contributed by atoms with E-state index in [2.05, 4.69) is 0 Å². The predicted molar refractivity (Wildman–Crippen MR) is 90.8 cm³/mol. The molecule has 7 heteroatoms. The third-order valence-electron chi connectivity index (χ3n) is 3.55. The first-order valence-corrected chi connectivity index (χ1v) is 7.47. The lowest BCUT2D eigenvalue weighted by Crippen LogP contribution is -2.38. The molecule has 2 aromatic carbocycles. The molecule has 0 unspecified atom stereocenters. The summed E-state index contributed by atoms with van der Waals surface area (Å²) in [5.41, 5.74) is 0.0897. The molecule has 0 aliphatic rings. The fourth-order valence-electron chi connectivity index (χ4n) is 2.40. The van der Waals surface area contributed by atoms with Gasteiger partial charge in [0.1, 0.15) is 5.75 Å². The zero-order valence-electron chi connectivity index (χ0n) is 12.1. The van der Waals surface area contributed by atoms with Crippen LogP contribution in [-0.4, -0.2) is 15.8 Å². The smallest absolute Gasteiger partial charge is 0.346 e. The van der Waals surface area contributed by atoms with Gasteiger partial charge in [-0.15, -0.1) is 0 Å². The Morgan fingerprint density at radius 2 is 1.87 bits per heavy atom. The number of hydrogen-bond donors (Lipinski definition) is 0. The monoisotopic (exact) mass is 350 g/mol. The predicted octanol–water partition coefficient (Wildman–Crippen LogP) is 2.88. The molecule has 1 heterocycles. The Bertz CT molecular complexity index is 1010. The number of benzene rings is 2. The van der Waals surface area contributed by atoms with E-state index in [0.717, 1.165) is 8.65 Å². The Labute approximate surface area is 141 Å². The van der Waals surface area contributed by atoms with Gasteiger partial charge in [-0.2, -0.15) is 0 Å². The van der Waals surface area contributed by atoms with Gasteiger partial charge in [0, 0.05) is 11.8 Å². The number of rotatable bonds is 3. The van der Waals surface area contributed by atoms with Gasteiger partial charge in [-0.05, 0) is 29.8 Å². The summed E-state index contributed by atoms with van der Waals surface area (Å²) in [5.74, 6) is 0.524. The van der Waals surface area contributed by atoms with Crippen LogP contribution in [-0.2, 0) is 6.54 Å². The van der Waals surface area contributed by atoms with E-state index in [0.29, 0.717) is 27.2 Å². The quantitative estimate of drug-likeness (QED) is 0.729. The van der Waals surface area contributed by atoms with Crippen molar-refractivity contribution in [3.8, 4) is 5.75 Å². The maximum atomic E-state index is 12.5. The Balaban J connectivity index is 2.16. The number of nitrogens with zero attached hydrogens (tertiary/aromatic N) is 2. The summed E-state index contributed by atoms with van der Waals surface area (Å²) in [6, 6.07) is 11.8. The molecule has 0 bridgehead atoms. The second-order valence-electron chi connectivity index (χ2n) is 4.94. The van der Waals surface area contributed by atoms with E-state index >= 15 is 0 Å². The molecule has 118 valence electrons. The number of aromatic nitrogens is 2. The molecule has 0 aliphatic heterocycles. The van der Waals surface area contributed by atoms with Crippen LogP contribution >= 0.6 is 23.4 Å². The SMILES string of the molecule is COc1ccc(Cn2c(=O)c3ccccc3n(Cl)c2=O)cc1Cl. The summed E-state index contributed by atoms with van der Waals surface area (Å²) in [6.07, 6.45) is 0. The molecule has 0 amide bonds. The van der Waals surface area contributed by atoms with Crippen molar-refractivity contribution in [3.05, 3.63) is 73.9 Å². The van der Waals surface area contributed by atoms with Gasteiger partial charge in [-0.1, -0.05) is 29.8 Å². The van der Waals surface area contributed by atoms with Crippen molar-refractivity contribution in [3.63, 3.8) is 0 Å². The number of fused-ring (bicyclic) bond motifs is 1. The molecular weight excluding hydrogens is 339 g/mol. The Kier molecular flexibility index (Phi) is 4.15. The molecule has 1 aromatic heterocycles. The minimum atomic E-state index is -0.595. The van der Waals surface area contributed by atoms with Gasteiger partial charge < -0.3 is 4.74 Å². The molecule has 0 saturated carbocycles. The highest BCUT2D eigenvalue weighted by Gasteiger charge is 2.12. The average Bonchev–Trinajstić information content (AvgIpc) is 2.57. The molecule has 0 radical (unpaired) electrons. The molecule has 0 atom stereocenters. The topological polar surface area (TPSA) is 53.2 Å². The second-order valence-corrected chi connectivity index (χ2v) is 5.69. The van der Waals surface area contributed by atoms with Gasteiger partial charge >= 0.3 is 5.69 Å². The first-order chi connectivity index (χ1) is 11.0. The van der Waals surface area contributed by atoms with Gasteiger partial charge in [-0.3, -0.25) is 9.36 Å². The molecule has 3 aromatic rings. The van der Waals surface area contributed by atoms with E-state index in [1.165, 1.54) is 7.11 Å². The van der Waals surface area contributed by atoms with Gasteiger partial charge in [0.25, 0.3) is 5.56 Å². The maximum Gasteiger partial charge on any atom is 0.346 e. The van der Waals surface area contributed by atoms with Crippen molar-refractivity contribution < 1.29 is 4.74 Å². The molecule has 0 aliphatic carbocycles. The standard InChI is InChI=1S/C16H12Cl2N2O3/c1-23-14-7-6-10(8-12(14)17)9-19-15(21)11-4-2-3-5-13(11)20(18)16(19)22/h2-8H,9H2,1H3. The number of para-hydroxylation sites is 1. The number of ether oxygens (including phenoxy) is 1. The van der Waals surface area contributed by atoms with Crippen molar-refractivity contribution in [1.29, 1.82) is 0 Å². The first-order valence-electron chi connectivity index (χ1n) is 6.76. The highest BCUT2D eigenvalue weighted by atomic mass is 35.5. The molecule has 23 heavy (non-hydrogen) atoms. The van der Waals surface area contributed by atoms with Crippen molar-refractivity contribution in [2.75, 3.05) is 7.11 Å². The largest absolute Gasteiger partial charge is 0.495 e. The average molecular weight is 351 g/mol. The van der Waals surface area contributed by atoms with Crippen LogP contribution in [0.25, 0.3) is 10.9 Å². The Hall–Kier alpha value is -2.24. The normalized spacial score (nSPS) is 10.9. The highest BCUT2D eigenvalue weighted by Crippen LogP contribution is 2.25. The summed E-state index contributed by atoms with van der Waals surface area (Å²) >= 11 is 12.1. The third-order valence-corrected chi connectivity index (χ3v) is 4.17. The van der Waals surface area contributed by atoms with E-state index in [1.54, 1.807) is 42.5 Å². The van der Waals surface area contributed by atoms with Crippen LogP contribution in [0.2, 0.25) is 5.02 Å². The highest BCUT2D eigenvalue weighted by molar-refractivity contribution is 6.32. The number of hydrogen-bond acceptors (Lipinski definition) is 3. The molecule has 0 N–H and O–H groups in total. The van der Waals surface area contributed by atoms with E-state index in [9.17, 15) is 9.59 Å². The van der Waals surface area contributed by atoms with E-state index < -0.39 is 11.2 Å². The molecule has 0 spiro atoms. The zero-order chi connectivity index (χ0) is 16.6. The van der Waals surface area contributed by atoms with Gasteiger partial charge in [0.15, 0.2) is 0 Å². The van der Waals surface area contributed by atoms with Crippen LogP contribution < -0.4 is 16.0 Å². The Morgan fingerprint density at radius 3 is 2.57 bits per heavy atom. The van der Waals surface area contributed by atoms with Gasteiger partial charge in [0.2, 0.25) is 0 Å². The van der Waals surface area contributed by atoms with Crippen LogP contribution in [0.3, 0.4) is 0 Å². The summed E-state index contributed by atoms with van der Waals surface area (Å²) < 4.78 is 7.11. The minimum absolute atomic E-state index is 0.0684. The molecule has 3 rings (SSSR count). The summed E-state index contributed by atoms with van der Waals surface area (Å²) in [6.45, 7) is 0.0684. The maximum absolute atomic E-state index is 12.5. The zero-order valence-corrected chi connectivity index (χ0v) is 13.6. The van der Waals surface area contributed by atoms with Crippen LogP contribution in [0.5, 0.6) is 5.75 Å². The van der Waals surface area contributed by atoms with Crippen molar-refractivity contribution in [1.82, 2.24) is 8.65 Å². The third kappa shape index (κ3) is 2.73. The van der Waals surface area contributed by atoms with Gasteiger partial charge in [0.05, 0.1) is 29.6 Å². The van der Waals surface area contributed by atoms with E-state index in [4.69, 9.17) is 28.1 Å². The molecule has 0 saturated heterocycles. The molecular formula is C16H12Cl2N2O3. The van der Waals surface area contributed by atoms with Crippen molar-refractivity contribution >= 4 is 34.3 Å². The second kappa shape index (κ2) is 6.10. The van der Waals surface area contributed by atoms with Crippen LogP contribution in [0.1, 0.15) is 5.56 Å². The minimum Gasteiger partial charge on any atom is -0.495 e. The molecule has 0 fully saturated rings. The van der Waals surface area contributed by atoms with Crippen LogP contribution in [0, 0.1) is 0 Å². The summed E-state index contributed by atoms with van der Waals surface area (Å²) in [5, 5.41) is 0.784. The first kappa shape index (κ1) is 15.6. The van der Waals surface area contributed by atoms with Crippen molar-refractivity contribution in [2.45, 2.75) is 6.54 Å². The molecule has 5 nitrogen and oxygen atoms in total. The van der Waals surface area contributed by atoms with Gasteiger partial charge in [-0.25, -0.2) is 8.88 Å². The number of halogens is 2. The lowest BCUT2D eigenvalue weighted by atomic mass is 10.2. The van der Waals surface area contributed by atoms with Crippen LogP contribution in [0.4, 0.5) is 0 Å². The fraction of sp³-hybridized carbons (Fsp3) is 0.125. The van der Waals surface area contributed by atoms with E-state index in [1.807, 2.05) is 0 Å². The van der Waals surface area contributed by atoms with Crippen molar-refractivity contribution in [2.24, 2.45) is 0 Å². The van der Waals surface area contributed by atoms with Crippen LogP contribution in [0.15, 0.2) is 52.1 Å². The summed E-state index contributed by atoms with van der Waals surface area (Å²) in [4.78, 5) is 24.9. The lowest BCUT2D eigenvalue weighted by Gasteiger charge is -2.10. The lowest BCUT2D eigenvalue weighted by molar-refractivity contribution is 0.415.